The summed E-state index contributed by atoms with van der Waals surface area (Å²) in [6.07, 6.45) is 0. The van der Waals surface area contributed by atoms with Gasteiger partial charge in [0.1, 0.15) is 29.3 Å². The SMILES string of the molecule is COc1cc(OC)c(C(=O)OCc2cc(=O)oc3cc(O)ccc23)cc1OC. The molecule has 0 aliphatic heterocycles. The van der Waals surface area contributed by atoms with E-state index in [-0.39, 0.29) is 29.3 Å². The maximum Gasteiger partial charge on any atom is 0.342 e. The highest BCUT2D eigenvalue weighted by Gasteiger charge is 2.19. The number of benzene rings is 2. The largest absolute Gasteiger partial charge is 0.508 e. The summed E-state index contributed by atoms with van der Waals surface area (Å²) in [6, 6.07) is 8.55. The first kappa shape index (κ1) is 19.1. The van der Waals surface area contributed by atoms with E-state index in [1.807, 2.05) is 0 Å². The third kappa shape index (κ3) is 3.71. The van der Waals surface area contributed by atoms with Crippen LogP contribution in [0.1, 0.15) is 15.9 Å². The molecule has 0 saturated heterocycles. The molecule has 0 radical (unpaired) electrons. The van der Waals surface area contributed by atoms with Crippen LogP contribution in [0.5, 0.6) is 23.0 Å². The monoisotopic (exact) mass is 386 g/mol. The van der Waals surface area contributed by atoms with E-state index in [9.17, 15) is 14.7 Å². The number of hydrogen-bond acceptors (Lipinski definition) is 8. The standard InChI is InChI=1S/C20H18O8/c1-24-15-9-18(26-3)17(25-2)8-14(15)20(23)27-10-11-6-19(22)28-16-7-12(21)4-5-13(11)16/h4-9,21H,10H2,1-3H3. The van der Waals surface area contributed by atoms with Crippen LogP contribution >= 0.6 is 0 Å². The van der Waals surface area contributed by atoms with Crippen LogP contribution in [-0.4, -0.2) is 32.4 Å². The van der Waals surface area contributed by atoms with E-state index >= 15 is 0 Å². The highest BCUT2D eigenvalue weighted by molar-refractivity contribution is 5.93. The van der Waals surface area contributed by atoms with Gasteiger partial charge in [-0.2, -0.15) is 0 Å². The molecule has 28 heavy (non-hydrogen) atoms. The van der Waals surface area contributed by atoms with E-state index in [1.165, 1.54) is 51.7 Å². The van der Waals surface area contributed by atoms with Crippen LogP contribution in [0.2, 0.25) is 0 Å². The van der Waals surface area contributed by atoms with Gasteiger partial charge >= 0.3 is 11.6 Å². The number of phenols is 1. The van der Waals surface area contributed by atoms with E-state index in [0.717, 1.165) is 0 Å². The summed E-state index contributed by atoms with van der Waals surface area (Å²) >= 11 is 0. The average Bonchev–Trinajstić information content (AvgIpc) is 2.70. The van der Waals surface area contributed by atoms with Gasteiger partial charge in [-0.1, -0.05) is 0 Å². The van der Waals surface area contributed by atoms with E-state index < -0.39 is 11.6 Å². The Bertz CT molecular complexity index is 1080. The quantitative estimate of drug-likeness (QED) is 0.509. The van der Waals surface area contributed by atoms with Crippen molar-refractivity contribution < 1.29 is 33.3 Å². The average molecular weight is 386 g/mol. The highest BCUT2D eigenvalue weighted by Crippen LogP contribution is 2.35. The number of hydrogen-bond donors (Lipinski definition) is 1. The lowest BCUT2D eigenvalue weighted by molar-refractivity contribution is 0.0469. The van der Waals surface area contributed by atoms with Crippen molar-refractivity contribution in [3.8, 4) is 23.0 Å². The molecule has 146 valence electrons. The molecule has 0 bridgehead atoms. The van der Waals surface area contributed by atoms with E-state index in [1.54, 1.807) is 6.07 Å². The van der Waals surface area contributed by atoms with Crippen molar-refractivity contribution in [3.05, 3.63) is 57.9 Å². The number of methoxy groups -OCH3 is 3. The number of esters is 1. The lowest BCUT2D eigenvalue weighted by Crippen LogP contribution is -2.10. The van der Waals surface area contributed by atoms with Crippen LogP contribution in [0.4, 0.5) is 0 Å². The number of rotatable bonds is 6. The van der Waals surface area contributed by atoms with E-state index in [4.69, 9.17) is 23.4 Å². The van der Waals surface area contributed by atoms with Crippen LogP contribution < -0.4 is 19.8 Å². The second-order valence-corrected chi connectivity index (χ2v) is 5.75. The number of phenolic OH excluding ortho intramolecular Hbond substituents is 1. The molecule has 1 N–H and O–H groups in total. The summed E-state index contributed by atoms with van der Waals surface area (Å²) in [5, 5.41) is 10.1. The zero-order valence-corrected chi connectivity index (χ0v) is 15.5. The number of ether oxygens (including phenoxy) is 4. The van der Waals surface area contributed by atoms with Crippen molar-refractivity contribution in [2.24, 2.45) is 0 Å². The number of carbonyl (C=O) groups excluding carboxylic acids is 1. The Labute approximate surface area is 159 Å². The minimum Gasteiger partial charge on any atom is -0.508 e. The van der Waals surface area contributed by atoms with Crippen molar-refractivity contribution in [1.29, 1.82) is 0 Å². The summed E-state index contributed by atoms with van der Waals surface area (Å²) < 4.78 is 26.1. The van der Waals surface area contributed by atoms with Gasteiger partial charge in [-0.3, -0.25) is 0 Å². The Morgan fingerprint density at radius 2 is 1.64 bits per heavy atom. The molecule has 3 aromatic rings. The van der Waals surface area contributed by atoms with Gasteiger partial charge in [0, 0.05) is 35.2 Å². The van der Waals surface area contributed by atoms with E-state index in [0.29, 0.717) is 22.4 Å². The van der Waals surface area contributed by atoms with Crippen molar-refractivity contribution in [3.63, 3.8) is 0 Å². The zero-order valence-electron chi connectivity index (χ0n) is 15.5. The van der Waals surface area contributed by atoms with Crippen molar-refractivity contribution >= 4 is 16.9 Å². The summed E-state index contributed by atoms with van der Waals surface area (Å²) in [7, 11) is 4.34. The molecule has 8 nitrogen and oxygen atoms in total. The molecular weight excluding hydrogens is 368 g/mol. The molecule has 0 saturated carbocycles. The fraction of sp³-hybridized carbons (Fsp3) is 0.200. The lowest BCUT2D eigenvalue weighted by Gasteiger charge is -2.14. The molecule has 3 rings (SSSR count). The predicted molar refractivity (Wildman–Crippen MR) is 99.4 cm³/mol. The molecular formula is C20H18O8. The maximum absolute atomic E-state index is 12.6. The first-order valence-electron chi connectivity index (χ1n) is 8.19. The zero-order chi connectivity index (χ0) is 20.3. The summed E-state index contributed by atoms with van der Waals surface area (Å²) in [5.74, 6) is 0.293. The minimum atomic E-state index is -0.669. The molecule has 2 aromatic carbocycles. The Hall–Kier alpha value is -3.68. The van der Waals surface area contributed by atoms with Gasteiger partial charge in [0.2, 0.25) is 0 Å². The Balaban J connectivity index is 1.91. The number of aromatic hydroxyl groups is 1. The topological polar surface area (TPSA) is 104 Å². The molecule has 1 heterocycles. The molecule has 8 heteroatoms. The normalized spacial score (nSPS) is 10.5. The van der Waals surface area contributed by atoms with Gasteiger partial charge < -0.3 is 28.5 Å². The van der Waals surface area contributed by atoms with Crippen molar-refractivity contribution in [1.82, 2.24) is 0 Å². The second-order valence-electron chi connectivity index (χ2n) is 5.75. The first-order chi connectivity index (χ1) is 13.5. The van der Waals surface area contributed by atoms with Crippen LogP contribution in [0, 0.1) is 0 Å². The molecule has 1 aromatic heterocycles. The Kier molecular flexibility index (Phi) is 5.39. The van der Waals surface area contributed by atoms with Crippen molar-refractivity contribution in [2.45, 2.75) is 6.61 Å². The lowest BCUT2D eigenvalue weighted by atomic mass is 10.1. The van der Waals surface area contributed by atoms with Gasteiger partial charge in [-0.25, -0.2) is 9.59 Å². The second kappa shape index (κ2) is 7.91. The Morgan fingerprint density at radius 1 is 0.964 bits per heavy atom. The smallest absolute Gasteiger partial charge is 0.342 e. The number of fused-ring (bicyclic) bond motifs is 1. The van der Waals surface area contributed by atoms with Gasteiger partial charge in [0.15, 0.2) is 11.5 Å². The first-order valence-corrected chi connectivity index (χ1v) is 8.19. The third-order valence-electron chi connectivity index (χ3n) is 4.10. The maximum atomic E-state index is 12.6. The molecule has 0 aliphatic carbocycles. The van der Waals surface area contributed by atoms with Crippen LogP contribution in [0.25, 0.3) is 11.0 Å². The van der Waals surface area contributed by atoms with Gasteiger partial charge in [0.25, 0.3) is 0 Å². The Morgan fingerprint density at radius 3 is 2.32 bits per heavy atom. The fourth-order valence-corrected chi connectivity index (χ4v) is 2.75. The van der Waals surface area contributed by atoms with Crippen LogP contribution in [-0.2, 0) is 11.3 Å². The third-order valence-corrected chi connectivity index (χ3v) is 4.10. The van der Waals surface area contributed by atoms with E-state index in [2.05, 4.69) is 0 Å². The predicted octanol–water partition coefficient (Wildman–Crippen LogP) is 2.88. The molecule has 0 atom stereocenters. The van der Waals surface area contributed by atoms with Gasteiger partial charge in [0.05, 0.1) is 21.3 Å². The van der Waals surface area contributed by atoms with Gasteiger partial charge in [-0.15, -0.1) is 0 Å². The molecule has 0 amide bonds. The van der Waals surface area contributed by atoms with Crippen molar-refractivity contribution in [2.75, 3.05) is 21.3 Å². The molecule has 0 fully saturated rings. The van der Waals surface area contributed by atoms with Crippen LogP contribution in [0.15, 0.2) is 45.6 Å². The number of carbonyl (C=O) groups is 1. The summed E-state index contributed by atoms with van der Waals surface area (Å²) in [4.78, 5) is 24.3. The molecule has 0 unspecified atom stereocenters. The molecule has 0 aliphatic rings. The fourth-order valence-electron chi connectivity index (χ4n) is 2.75. The minimum absolute atomic E-state index is 0.0418. The van der Waals surface area contributed by atoms with Gasteiger partial charge in [-0.05, 0) is 12.1 Å². The summed E-state index contributed by atoms with van der Waals surface area (Å²) in [5.41, 5.74) is 0.166. The summed E-state index contributed by atoms with van der Waals surface area (Å²) in [6.45, 7) is -0.177. The molecule has 0 spiro atoms. The van der Waals surface area contributed by atoms with Crippen LogP contribution in [0.3, 0.4) is 0 Å². The highest BCUT2D eigenvalue weighted by atomic mass is 16.5.